The van der Waals surface area contributed by atoms with Gasteiger partial charge in [-0.1, -0.05) is 151 Å². The minimum absolute atomic E-state index is 0.0282. The van der Waals surface area contributed by atoms with E-state index in [1.54, 1.807) is 0 Å². The molecule has 9 rings (SSSR count). The predicted molar refractivity (Wildman–Crippen MR) is 196 cm³/mol. The highest BCUT2D eigenvalue weighted by atomic mass is 32.2. The fourth-order valence-corrected chi connectivity index (χ4v) is 8.19. The Bertz CT molecular complexity index is 2200. The fraction of sp³-hybridized carbons (Fsp3) is 0.0952. The minimum Gasteiger partial charge on any atom is -0.368 e. The van der Waals surface area contributed by atoms with Gasteiger partial charge in [0.2, 0.25) is 0 Å². The highest BCUT2D eigenvalue weighted by Gasteiger charge is 2.30. The number of hydrogen-bond acceptors (Lipinski definition) is 5. The van der Waals surface area contributed by atoms with E-state index in [4.69, 9.17) is 0 Å². The number of anilines is 1. The van der Waals surface area contributed by atoms with Crippen LogP contribution in [0.1, 0.15) is 46.1 Å². The predicted octanol–water partition coefficient (Wildman–Crippen LogP) is 10.1. The summed E-state index contributed by atoms with van der Waals surface area (Å²) in [4.78, 5) is 1.30. The maximum Gasteiger partial charge on any atom is 0.103 e. The Morgan fingerprint density at radius 1 is 0.426 bits per heavy atom. The van der Waals surface area contributed by atoms with Gasteiger partial charge in [0.05, 0.1) is 24.2 Å². The van der Waals surface area contributed by atoms with Crippen molar-refractivity contribution >= 4 is 39.0 Å². The lowest BCUT2D eigenvalue weighted by Crippen LogP contribution is -2.54. The second kappa shape index (κ2) is 12.0. The van der Waals surface area contributed by atoms with E-state index in [1.165, 1.54) is 65.5 Å². The van der Waals surface area contributed by atoms with Crippen LogP contribution in [0.4, 0.5) is 5.69 Å². The first-order valence-electron chi connectivity index (χ1n) is 16.2. The molecule has 2 heterocycles. The Balaban J connectivity index is 1.08. The van der Waals surface area contributed by atoms with Crippen LogP contribution in [0.25, 0.3) is 32.7 Å². The number of rotatable bonds is 5. The van der Waals surface area contributed by atoms with Crippen molar-refractivity contribution in [3.8, 4) is 11.1 Å². The van der Waals surface area contributed by atoms with E-state index >= 15 is 0 Å². The van der Waals surface area contributed by atoms with Crippen molar-refractivity contribution in [2.24, 2.45) is 0 Å². The number of hydrogen-bond donors (Lipinski definition) is 4. The molecule has 228 valence electrons. The molecule has 4 N–H and O–H groups in total. The molecule has 1 saturated heterocycles. The monoisotopic (exact) mass is 626 g/mol. The Labute approximate surface area is 279 Å². The third kappa shape index (κ3) is 5.37. The maximum absolute atomic E-state index is 3.89. The molecule has 5 heteroatoms. The van der Waals surface area contributed by atoms with Crippen molar-refractivity contribution in [3.63, 3.8) is 0 Å². The summed E-state index contributed by atoms with van der Waals surface area (Å²) in [7, 11) is 0. The molecule has 0 saturated carbocycles. The van der Waals surface area contributed by atoms with Crippen molar-refractivity contribution in [3.05, 3.63) is 180 Å². The summed E-state index contributed by atoms with van der Waals surface area (Å²) in [5.74, 6) is 0. The van der Waals surface area contributed by atoms with E-state index in [-0.39, 0.29) is 23.9 Å². The molecule has 4 nitrogen and oxygen atoms in total. The lowest BCUT2D eigenvalue weighted by Gasteiger charge is -2.40. The van der Waals surface area contributed by atoms with Gasteiger partial charge in [-0.3, -0.25) is 16.0 Å². The SMILES string of the molecule is c1ccc(-c2cccc(C3NC(c4ccccc4)NC(c4ccc5c(ccc6ccc7c(c65)NC(c5ccccc5)S7)c4)N3)c2)cc1. The van der Waals surface area contributed by atoms with E-state index in [9.17, 15) is 0 Å². The molecule has 2 aliphatic rings. The summed E-state index contributed by atoms with van der Waals surface area (Å²) in [6, 6.07) is 56.8. The number of benzene rings is 7. The Kier molecular flexibility index (Phi) is 7.25. The lowest BCUT2D eigenvalue weighted by molar-refractivity contribution is 0.203. The van der Waals surface area contributed by atoms with Crippen LogP contribution in [0.3, 0.4) is 0 Å². The third-order valence-electron chi connectivity index (χ3n) is 9.40. The molecular weight excluding hydrogens is 593 g/mol. The molecule has 0 bridgehead atoms. The van der Waals surface area contributed by atoms with Crippen LogP contribution in [-0.4, -0.2) is 0 Å². The largest absolute Gasteiger partial charge is 0.368 e. The summed E-state index contributed by atoms with van der Waals surface area (Å²) >= 11 is 1.90. The number of nitrogens with one attached hydrogen (secondary N) is 4. The van der Waals surface area contributed by atoms with Crippen LogP contribution < -0.4 is 21.3 Å². The van der Waals surface area contributed by atoms with Gasteiger partial charge in [0.25, 0.3) is 0 Å². The normalized spacial score (nSPS) is 20.6. The molecule has 0 aliphatic carbocycles. The van der Waals surface area contributed by atoms with Crippen molar-refractivity contribution in [2.45, 2.75) is 28.8 Å². The summed E-state index contributed by atoms with van der Waals surface area (Å²) in [6.45, 7) is 0. The van der Waals surface area contributed by atoms with Crippen LogP contribution in [0, 0.1) is 0 Å². The molecule has 4 atom stereocenters. The molecule has 0 spiro atoms. The van der Waals surface area contributed by atoms with Gasteiger partial charge in [-0.2, -0.15) is 0 Å². The van der Waals surface area contributed by atoms with Gasteiger partial charge < -0.3 is 5.32 Å². The fourth-order valence-electron chi connectivity index (χ4n) is 7.04. The summed E-state index contributed by atoms with van der Waals surface area (Å²) < 4.78 is 0. The van der Waals surface area contributed by atoms with Gasteiger partial charge in [0.1, 0.15) is 5.37 Å². The number of fused-ring (bicyclic) bond motifs is 5. The van der Waals surface area contributed by atoms with Crippen LogP contribution in [0.2, 0.25) is 0 Å². The smallest absolute Gasteiger partial charge is 0.103 e. The van der Waals surface area contributed by atoms with Gasteiger partial charge in [0, 0.05) is 10.3 Å². The molecule has 0 radical (unpaired) electrons. The first kappa shape index (κ1) is 28.3. The Morgan fingerprint density at radius 3 is 1.74 bits per heavy atom. The van der Waals surface area contributed by atoms with Gasteiger partial charge in [-0.25, -0.2) is 0 Å². The quantitative estimate of drug-likeness (QED) is 0.143. The van der Waals surface area contributed by atoms with Crippen LogP contribution >= 0.6 is 11.8 Å². The summed E-state index contributed by atoms with van der Waals surface area (Å²) in [5.41, 5.74) is 8.59. The molecule has 1 fully saturated rings. The minimum atomic E-state index is -0.0652. The molecule has 0 amide bonds. The lowest BCUT2D eigenvalue weighted by atomic mass is 9.96. The van der Waals surface area contributed by atoms with Crippen molar-refractivity contribution < 1.29 is 0 Å². The molecular formula is C42H34N4S. The Hall–Kier alpha value is -4.91. The zero-order chi connectivity index (χ0) is 31.2. The van der Waals surface area contributed by atoms with Gasteiger partial charge in [-0.05, 0) is 67.7 Å². The standard InChI is InChI=1S/C42H34N4S/c1-4-11-27(12-5-1)31-17-10-18-33(25-31)40-44-39(29-13-6-2-7-14-29)45-41(46-40)34-21-23-35-32(26-34)20-19-28-22-24-36-38(37(28)35)43-42(47-36)30-15-8-3-9-16-30/h1-26,39-46H. The van der Waals surface area contributed by atoms with Crippen LogP contribution in [0.15, 0.2) is 163 Å². The van der Waals surface area contributed by atoms with Crippen molar-refractivity contribution in [1.82, 2.24) is 16.0 Å². The first-order chi connectivity index (χ1) is 23.3. The summed E-state index contributed by atoms with van der Waals surface area (Å²) in [5, 5.41) is 20.7. The summed E-state index contributed by atoms with van der Waals surface area (Å²) in [6.07, 6.45) is -0.147. The van der Waals surface area contributed by atoms with E-state index < -0.39 is 0 Å². The van der Waals surface area contributed by atoms with Crippen LogP contribution in [0.5, 0.6) is 0 Å². The van der Waals surface area contributed by atoms with E-state index in [2.05, 4.69) is 179 Å². The van der Waals surface area contributed by atoms with Crippen molar-refractivity contribution in [2.75, 3.05) is 5.32 Å². The van der Waals surface area contributed by atoms with Gasteiger partial charge in [-0.15, -0.1) is 0 Å². The van der Waals surface area contributed by atoms with Crippen molar-refractivity contribution in [1.29, 1.82) is 0 Å². The molecule has 0 aromatic heterocycles. The zero-order valence-electron chi connectivity index (χ0n) is 25.7. The van der Waals surface area contributed by atoms with Gasteiger partial charge >= 0.3 is 0 Å². The average Bonchev–Trinajstić information content (AvgIpc) is 3.60. The first-order valence-corrected chi connectivity index (χ1v) is 17.1. The second-order valence-electron chi connectivity index (χ2n) is 12.3. The molecule has 7 aromatic rings. The van der Waals surface area contributed by atoms with E-state index in [0.29, 0.717) is 0 Å². The molecule has 4 unspecified atom stereocenters. The molecule has 47 heavy (non-hydrogen) atoms. The zero-order valence-corrected chi connectivity index (χ0v) is 26.5. The topological polar surface area (TPSA) is 48.1 Å². The van der Waals surface area contributed by atoms with Crippen LogP contribution in [-0.2, 0) is 0 Å². The number of thioether (sulfide) groups is 1. The van der Waals surface area contributed by atoms with Gasteiger partial charge in [0.15, 0.2) is 0 Å². The highest BCUT2D eigenvalue weighted by molar-refractivity contribution is 8.00. The Morgan fingerprint density at radius 2 is 1.00 bits per heavy atom. The van der Waals surface area contributed by atoms with E-state index in [0.717, 1.165) is 0 Å². The maximum atomic E-state index is 3.89. The average molecular weight is 627 g/mol. The second-order valence-corrected chi connectivity index (χ2v) is 13.5. The molecule has 7 aromatic carbocycles. The highest BCUT2D eigenvalue weighted by Crippen LogP contribution is 2.50. The molecule has 2 aliphatic heterocycles. The van der Waals surface area contributed by atoms with E-state index in [1.807, 2.05) is 11.8 Å². The third-order valence-corrected chi connectivity index (χ3v) is 10.6.